The highest BCUT2D eigenvalue weighted by atomic mass is 19.1. The van der Waals surface area contributed by atoms with Gasteiger partial charge in [-0.05, 0) is 35.4 Å². The van der Waals surface area contributed by atoms with Crippen LogP contribution in [0.2, 0.25) is 0 Å². The quantitative estimate of drug-likeness (QED) is 0.724. The lowest BCUT2D eigenvalue weighted by atomic mass is 10.1. The molecule has 0 radical (unpaired) electrons. The SMILES string of the molecule is O=C(Cc1cccc(F)c1)Nc1ccc(NCc2ccccc2)nn1. The molecule has 0 aliphatic heterocycles. The average molecular weight is 336 g/mol. The lowest BCUT2D eigenvalue weighted by Gasteiger charge is -2.07. The van der Waals surface area contributed by atoms with E-state index in [0.29, 0.717) is 23.7 Å². The Morgan fingerprint density at radius 2 is 1.60 bits per heavy atom. The van der Waals surface area contributed by atoms with E-state index in [9.17, 15) is 9.18 Å². The van der Waals surface area contributed by atoms with E-state index in [1.54, 1.807) is 24.3 Å². The van der Waals surface area contributed by atoms with Gasteiger partial charge in [-0.2, -0.15) is 0 Å². The lowest BCUT2D eigenvalue weighted by Crippen LogP contribution is -2.16. The standard InChI is InChI=1S/C19H17FN4O/c20-16-8-4-7-15(11-16)12-19(25)22-18-10-9-17(23-24-18)21-13-14-5-2-1-3-6-14/h1-11H,12-13H2,(H,21,23)(H,22,24,25). The summed E-state index contributed by atoms with van der Waals surface area (Å²) in [6, 6.07) is 19.3. The summed E-state index contributed by atoms with van der Waals surface area (Å²) in [5, 5.41) is 13.8. The molecule has 5 nitrogen and oxygen atoms in total. The van der Waals surface area contributed by atoms with Crippen LogP contribution in [0.15, 0.2) is 66.7 Å². The van der Waals surface area contributed by atoms with Crippen LogP contribution in [0, 0.1) is 5.82 Å². The van der Waals surface area contributed by atoms with Gasteiger partial charge in [0.05, 0.1) is 6.42 Å². The van der Waals surface area contributed by atoms with Gasteiger partial charge < -0.3 is 10.6 Å². The number of amides is 1. The minimum atomic E-state index is -0.362. The Balaban J connectivity index is 1.52. The molecule has 1 amide bonds. The third kappa shape index (κ3) is 5.10. The van der Waals surface area contributed by atoms with Gasteiger partial charge in [-0.15, -0.1) is 10.2 Å². The second-order valence-corrected chi connectivity index (χ2v) is 5.50. The van der Waals surface area contributed by atoms with Gasteiger partial charge in [-0.1, -0.05) is 42.5 Å². The number of carbonyl (C=O) groups is 1. The normalized spacial score (nSPS) is 10.3. The first-order valence-corrected chi connectivity index (χ1v) is 7.85. The summed E-state index contributed by atoms with van der Waals surface area (Å²) in [6.07, 6.45) is 0.0768. The number of anilines is 2. The molecule has 0 aliphatic rings. The number of nitrogens with zero attached hydrogens (tertiary/aromatic N) is 2. The number of halogens is 1. The summed E-state index contributed by atoms with van der Waals surface area (Å²) in [5.41, 5.74) is 1.74. The van der Waals surface area contributed by atoms with Crippen molar-refractivity contribution in [3.63, 3.8) is 0 Å². The van der Waals surface area contributed by atoms with Crippen molar-refractivity contribution in [3.05, 3.63) is 83.7 Å². The molecular weight excluding hydrogens is 319 g/mol. The Hall–Kier alpha value is -3.28. The average Bonchev–Trinajstić information content (AvgIpc) is 2.62. The van der Waals surface area contributed by atoms with Crippen LogP contribution in [0.3, 0.4) is 0 Å². The molecule has 25 heavy (non-hydrogen) atoms. The smallest absolute Gasteiger partial charge is 0.229 e. The topological polar surface area (TPSA) is 66.9 Å². The van der Waals surface area contributed by atoms with Crippen molar-refractivity contribution in [2.24, 2.45) is 0 Å². The zero-order chi connectivity index (χ0) is 17.5. The summed E-state index contributed by atoms with van der Waals surface area (Å²) in [4.78, 5) is 12.0. The number of carbonyl (C=O) groups excluding carboxylic acids is 1. The third-order valence-corrected chi connectivity index (χ3v) is 3.50. The van der Waals surface area contributed by atoms with Crippen LogP contribution in [0.4, 0.5) is 16.0 Å². The fourth-order valence-electron chi connectivity index (χ4n) is 2.30. The van der Waals surface area contributed by atoms with Crippen molar-refractivity contribution < 1.29 is 9.18 Å². The zero-order valence-electron chi connectivity index (χ0n) is 13.4. The van der Waals surface area contributed by atoms with Crippen molar-refractivity contribution in [3.8, 4) is 0 Å². The molecule has 3 rings (SSSR count). The van der Waals surface area contributed by atoms with Gasteiger partial charge in [0.15, 0.2) is 5.82 Å². The molecule has 2 aromatic carbocycles. The maximum atomic E-state index is 13.1. The van der Waals surface area contributed by atoms with Gasteiger partial charge in [-0.25, -0.2) is 4.39 Å². The summed E-state index contributed by atoms with van der Waals surface area (Å²) >= 11 is 0. The Kier molecular flexibility index (Phi) is 5.31. The molecule has 0 saturated carbocycles. The maximum Gasteiger partial charge on any atom is 0.229 e. The largest absolute Gasteiger partial charge is 0.365 e. The Bertz CT molecular complexity index is 838. The molecule has 1 heterocycles. The predicted octanol–water partition coefficient (Wildman–Crippen LogP) is 3.41. The zero-order valence-corrected chi connectivity index (χ0v) is 13.4. The van der Waals surface area contributed by atoms with Crippen LogP contribution in [0.25, 0.3) is 0 Å². The van der Waals surface area contributed by atoms with Crippen molar-refractivity contribution in [1.82, 2.24) is 10.2 Å². The molecule has 0 aliphatic carbocycles. The minimum Gasteiger partial charge on any atom is -0.365 e. The monoisotopic (exact) mass is 336 g/mol. The molecule has 0 saturated heterocycles. The van der Waals surface area contributed by atoms with Crippen LogP contribution < -0.4 is 10.6 Å². The van der Waals surface area contributed by atoms with E-state index >= 15 is 0 Å². The van der Waals surface area contributed by atoms with Gasteiger partial charge >= 0.3 is 0 Å². The summed E-state index contributed by atoms with van der Waals surface area (Å²) in [5.74, 6) is 0.336. The molecule has 1 aromatic heterocycles. The van der Waals surface area contributed by atoms with E-state index < -0.39 is 0 Å². The number of hydrogen-bond donors (Lipinski definition) is 2. The number of benzene rings is 2. The Labute approximate surface area is 144 Å². The Morgan fingerprint density at radius 3 is 2.32 bits per heavy atom. The fraction of sp³-hybridized carbons (Fsp3) is 0.105. The van der Waals surface area contributed by atoms with E-state index in [4.69, 9.17) is 0 Å². The number of nitrogens with one attached hydrogen (secondary N) is 2. The highest BCUT2D eigenvalue weighted by molar-refractivity contribution is 5.91. The van der Waals surface area contributed by atoms with E-state index in [1.165, 1.54) is 12.1 Å². The van der Waals surface area contributed by atoms with Crippen LogP contribution in [-0.4, -0.2) is 16.1 Å². The molecule has 0 bridgehead atoms. The van der Waals surface area contributed by atoms with Crippen molar-refractivity contribution >= 4 is 17.5 Å². The van der Waals surface area contributed by atoms with Crippen molar-refractivity contribution in [2.45, 2.75) is 13.0 Å². The molecule has 2 N–H and O–H groups in total. The third-order valence-electron chi connectivity index (χ3n) is 3.50. The van der Waals surface area contributed by atoms with E-state index in [-0.39, 0.29) is 18.1 Å². The molecular formula is C19H17FN4O. The van der Waals surface area contributed by atoms with Crippen LogP contribution >= 0.6 is 0 Å². The minimum absolute atomic E-state index is 0.0768. The Morgan fingerprint density at radius 1 is 0.880 bits per heavy atom. The van der Waals surface area contributed by atoms with Crippen LogP contribution in [0.5, 0.6) is 0 Å². The predicted molar refractivity (Wildman–Crippen MR) is 94.5 cm³/mol. The van der Waals surface area contributed by atoms with Gasteiger partial charge in [0.25, 0.3) is 0 Å². The van der Waals surface area contributed by atoms with Crippen molar-refractivity contribution in [1.29, 1.82) is 0 Å². The molecule has 0 unspecified atom stereocenters. The van der Waals surface area contributed by atoms with E-state index in [1.807, 2.05) is 30.3 Å². The summed E-state index contributed by atoms with van der Waals surface area (Å²) in [7, 11) is 0. The number of hydrogen-bond acceptors (Lipinski definition) is 4. The van der Waals surface area contributed by atoms with Crippen LogP contribution in [-0.2, 0) is 17.8 Å². The van der Waals surface area contributed by atoms with Crippen molar-refractivity contribution in [2.75, 3.05) is 10.6 Å². The van der Waals surface area contributed by atoms with E-state index in [2.05, 4.69) is 20.8 Å². The number of aromatic nitrogens is 2. The van der Waals surface area contributed by atoms with Gasteiger partial charge in [0.1, 0.15) is 11.6 Å². The summed E-state index contributed by atoms with van der Waals surface area (Å²) < 4.78 is 13.1. The number of rotatable bonds is 6. The second-order valence-electron chi connectivity index (χ2n) is 5.50. The van der Waals surface area contributed by atoms with Gasteiger partial charge in [0.2, 0.25) is 5.91 Å². The van der Waals surface area contributed by atoms with Crippen LogP contribution in [0.1, 0.15) is 11.1 Å². The molecule has 0 atom stereocenters. The molecule has 126 valence electrons. The molecule has 6 heteroatoms. The summed E-state index contributed by atoms with van der Waals surface area (Å²) in [6.45, 7) is 0.640. The maximum absolute atomic E-state index is 13.1. The second kappa shape index (κ2) is 8.01. The molecule has 3 aromatic rings. The highest BCUT2D eigenvalue weighted by Crippen LogP contribution is 2.10. The highest BCUT2D eigenvalue weighted by Gasteiger charge is 2.06. The molecule has 0 fully saturated rings. The lowest BCUT2D eigenvalue weighted by molar-refractivity contribution is -0.115. The first-order chi connectivity index (χ1) is 12.2. The first-order valence-electron chi connectivity index (χ1n) is 7.85. The first kappa shape index (κ1) is 16.6. The fourth-order valence-corrected chi connectivity index (χ4v) is 2.30. The van der Waals surface area contributed by atoms with Gasteiger partial charge in [0, 0.05) is 6.54 Å². The van der Waals surface area contributed by atoms with E-state index in [0.717, 1.165) is 5.56 Å². The van der Waals surface area contributed by atoms with Gasteiger partial charge in [-0.3, -0.25) is 4.79 Å². The molecule has 0 spiro atoms.